The van der Waals surface area contributed by atoms with Crippen LogP contribution >= 0.6 is 24.8 Å². The lowest BCUT2D eigenvalue weighted by molar-refractivity contribution is -0.123. The standard InChI is InChI=1S/C20H29N5O.2ClH/c1-15-6-7-19-23-17(14-25(19)11-15)13-24-9-3-4-16(12-24)10-22-20(26)18-5-2-8-21-18;;/h6-7,11,14,16,18,21H,2-5,8-10,12-13H2,1H3,(H,22,26);2*1H. The third-order valence-corrected chi connectivity index (χ3v) is 5.58. The molecule has 0 bridgehead atoms. The molecule has 2 fully saturated rings. The van der Waals surface area contributed by atoms with Gasteiger partial charge in [-0.1, -0.05) is 6.07 Å². The Kier molecular flexibility index (Phi) is 8.56. The van der Waals surface area contributed by atoms with Crippen LogP contribution in [-0.4, -0.2) is 52.4 Å². The van der Waals surface area contributed by atoms with E-state index in [0.717, 1.165) is 56.9 Å². The number of rotatable bonds is 5. The summed E-state index contributed by atoms with van der Waals surface area (Å²) in [6.07, 6.45) is 8.72. The van der Waals surface area contributed by atoms with Gasteiger partial charge >= 0.3 is 0 Å². The molecule has 2 aliphatic rings. The van der Waals surface area contributed by atoms with E-state index in [9.17, 15) is 4.79 Å². The molecule has 2 saturated heterocycles. The highest BCUT2D eigenvalue weighted by Crippen LogP contribution is 2.18. The minimum absolute atomic E-state index is 0. The molecule has 0 aromatic carbocycles. The molecule has 4 rings (SSSR count). The maximum atomic E-state index is 12.2. The molecule has 156 valence electrons. The molecule has 0 radical (unpaired) electrons. The van der Waals surface area contributed by atoms with Gasteiger partial charge in [0.15, 0.2) is 0 Å². The predicted octanol–water partition coefficient (Wildman–Crippen LogP) is 2.57. The Labute approximate surface area is 179 Å². The van der Waals surface area contributed by atoms with E-state index < -0.39 is 0 Å². The van der Waals surface area contributed by atoms with Crippen molar-refractivity contribution in [2.75, 3.05) is 26.2 Å². The number of hydrogen-bond acceptors (Lipinski definition) is 4. The van der Waals surface area contributed by atoms with Crippen molar-refractivity contribution in [3.05, 3.63) is 35.8 Å². The number of hydrogen-bond donors (Lipinski definition) is 2. The number of carbonyl (C=O) groups is 1. The van der Waals surface area contributed by atoms with Crippen LogP contribution in [0.1, 0.15) is 36.9 Å². The Morgan fingerprint density at radius 2 is 2.11 bits per heavy atom. The molecule has 6 nitrogen and oxygen atoms in total. The number of imidazole rings is 1. The molecule has 2 unspecified atom stereocenters. The number of nitrogens with zero attached hydrogens (tertiary/aromatic N) is 3. The number of aromatic nitrogens is 2. The molecule has 0 saturated carbocycles. The van der Waals surface area contributed by atoms with Crippen molar-refractivity contribution in [1.29, 1.82) is 0 Å². The van der Waals surface area contributed by atoms with Gasteiger partial charge in [-0.3, -0.25) is 9.69 Å². The minimum Gasteiger partial charge on any atom is -0.354 e. The first kappa shape index (κ1) is 22.9. The fraction of sp³-hybridized carbons (Fsp3) is 0.600. The van der Waals surface area contributed by atoms with E-state index in [1.54, 1.807) is 0 Å². The summed E-state index contributed by atoms with van der Waals surface area (Å²) in [6, 6.07) is 4.20. The number of amides is 1. The number of halogens is 2. The van der Waals surface area contributed by atoms with Crippen LogP contribution in [0, 0.1) is 12.8 Å². The molecular weight excluding hydrogens is 397 g/mol. The highest BCUT2D eigenvalue weighted by molar-refractivity contribution is 5.85. The van der Waals surface area contributed by atoms with E-state index in [4.69, 9.17) is 4.98 Å². The summed E-state index contributed by atoms with van der Waals surface area (Å²) < 4.78 is 2.11. The van der Waals surface area contributed by atoms with Crippen LogP contribution in [0.5, 0.6) is 0 Å². The smallest absolute Gasteiger partial charge is 0.237 e. The lowest BCUT2D eigenvalue weighted by Crippen LogP contribution is -2.45. The number of pyridine rings is 1. The first-order valence-electron chi connectivity index (χ1n) is 9.85. The van der Waals surface area contributed by atoms with E-state index in [1.807, 2.05) is 0 Å². The molecule has 1 amide bonds. The van der Waals surface area contributed by atoms with Gasteiger partial charge in [0, 0.05) is 32.0 Å². The summed E-state index contributed by atoms with van der Waals surface area (Å²) >= 11 is 0. The van der Waals surface area contributed by atoms with Gasteiger partial charge in [0.1, 0.15) is 5.65 Å². The topological polar surface area (TPSA) is 61.7 Å². The van der Waals surface area contributed by atoms with Crippen LogP contribution in [0.25, 0.3) is 5.65 Å². The average molecular weight is 428 g/mol. The Balaban J connectivity index is 0.00000140. The third-order valence-electron chi connectivity index (χ3n) is 5.58. The SMILES string of the molecule is Cc1ccc2nc(CN3CCCC(CNC(=O)C4CCCN4)C3)cn2c1.Cl.Cl. The lowest BCUT2D eigenvalue weighted by Gasteiger charge is -2.32. The summed E-state index contributed by atoms with van der Waals surface area (Å²) in [7, 11) is 0. The largest absolute Gasteiger partial charge is 0.354 e. The number of aryl methyl sites for hydroxylation is 1. The van der Waals surface area contributed by atoms with Crippen molar-refractivity contribution in [3.63, 3.8) is 0 Å². The highest BCUT2D eigenvalue weighted by Gasteiger charge is 2.25. The maximum absolute atomic E-state index is 12.2. The first-order valence-corrected chi connectivity index (χ1v) is 9.85. The van der Waals surface area contributed by atoms with Gasteiger partial charge in [-0.05, 0) is 63.2 Å². The second-order valence-electron chi connectivity index (χ2n) is 7.84. The van der Waals surface area contributed by atoms with E-state index >= 15 is 0 Å². The number of piperidine rings is 1. The van der Waals surface area contributed by atoms with Gasteiger partial charge in [0.25, 0.3) is 0 Å². The van der Waals surface area contributed by atoms with Crippen molar-refractivity contribution < 1.29 is 4.79 Å². The number of carbonyl (C=O) groups excluding carboxylic acids is 1. The predicted molar refractivity (Wildman–Crippen MR) is 116 cm³/mol. The summed E-state index contributed by atoms with van der Waals surface area (Å²) in [4.78, 5) is 19.4. The fourth-order valence-corrected chi connectivity index (χ4v) is 4.20. The monoisotopic (exact) mass is 427 g/mol. The summed E-state index contributed by atoms with van der Waals surface area (Å²) in [5, 5.41) is 6.43. The zero-order valence-electron chi connectivity index (χ0n) is 16.4. The second kappa shape index (κ2) is 10.4. The zero-order chi connectivity index (χ0) is 17.9. The minimum atomic E-state index is 0. The normalized spacial score (nSPS) is 22.5. The van der Waals surface area contributed by atoms with Crippen LogP contribution in [0.3, 0.4) is 0 Å². The lowest BCUT2D eigenvalue weighted by atomic mass is 9.97. The van der Waals surface area contributed by atoms with E-state index in [-0.39, 0.29) is 36.8 Å². The van der Waals surface area contributed by atoms with E-state index in [1.165, 1.54) is 18.4 Å². The molecule has 8 heteroatoms. The Hall–Kier alpha value is -1.34. The van der Waals surface area contributed by atoms with Crippen LogP contribution < -0.4 is 10.6 Å². The maximum Gasteiger partial charge on any atom is 0.237 e. The summed E-state index contributed by atoms with van der Waals surface area (Å²) in [5.41, 5.74) is 3.37. The van der Waals surface area contributed by atoms with Gasteiger partial charge in [-0.25, -0.2) is 4.98 Å². The van der Waals surface area contributed by atoms with Gasteiger partial charge in [-0.2, -0.15) is 0 Å². The quantitative estimate of drug-likeness (QED) is 0.769. The molecule has 4 heterocycles. The molecule has 2 N–H and O–H groups in total. The van der Waals surface area contributed by atoms with Crippen molar-refractivity contribution in [3.8, 4) is 0 Å². The van der Waals surface area contributed by atoms with Crippen molar-refractivity contribution in [2.24, 2.45) is 5.92 Å². The molecule has 2 aromatic heterocycles. The van der Waals surface area contributed by atoms with Crippen molar-refractivity contribution >= 4 is 36.4 Å². The fourth-order valence-electron chi connectivity index (χ4n) is 4.20. The van der Waals surface area contributed by atoms with E-state index in [0.29, 0.717) is 5.92 Å². The van der Waals surface area contributed by atoms with E-state index in [2.05, 4.69) is 51.4 Å². The van der Waals surface area contributed by atoms with Crippen molar-refractivity contribution in [2.45, 2.75) is 45.2 Å². The molecular formula is C20H31Cl2N5O. The van der Waals surface area contributed by atoms with Crippen LogP contribution in [0.15, 0.2) is 24.5 Å². The van der Waals surface area contributed by atoms with Gasteiger partial charge in [0.05, 0.1) is 11.7 Å². The van der Waals surface area contributed by atoms with Gasteiger partial charge < -0.3 is 15.0 Å². The Morgan fingerprint density at radius 1 is 1.25 bits per heavy atom. The zero-order valence-corrected chi connectivity index (χ0v) is 18.0. The van der Waals surface area contributed by atoms with Gasteiger partial charge in [0.2, 0.25) is 5.91 Å². The van der Waals surface area contributed by atoms with Crippen molar-refractivity contribution in [1.82, 2.24) is 24.9 Å². The average Bonchev–Trinajstić information content (AvgIpc) is 3.29. The Bertz CT molecular complexity index is 775. The summed E-state index contributed by atoms with van der Waals surface area (Å²) in [5.74, 6) is 0.712. The number of fused-ring (bicyclic) bond motifs is 1. The molecule has 28 heavy (non-hydrogen) atoms. The van der Waals surface area contributed by atoms with Crippen LogP contribution in [-0.2, 0) is 11.3 Å². The molecule has 2 aliphatic heterocycles. The number of likely N-dealkylation sites (tertiary alicyclic amines) is 1. The van der Waals surface area contributed by atoms with Gasteiger partial charge in [-0.15, -0.1) is 24.8 Å². The highest BCUT2D eigenvalue weighted by atomic mass is 35.5. The van der Waals surface area contributed by atoms with Crippen LogP contribution in [0.4, 0.5) is 0 Å². The molecule has 0 aliphatic carbocycles. The van der Waals surface area contributed by atoms with Crippen LogP contribution in [0.2, 0.25) is 0 Å². The molecule has 2 aromatic rings. The first-order chi connectivity index (χ1) is 12.7. The number of nitrogens with one attached hydrogen (secondary N) is 2. The third kappa shape index (κ3) is 5.60. The second-order valence-corrected chi connectivity index (χ2v) is 7.84. The molecule has 2 atom stereocenters. The molecule has 0 spiro atoms. The summed E-state index contributed by atoms with van der Waals surface area (Å²) in [6.45, 7) is 6.89. The Morgan fingerprint density at radius 3 is 2.89 bits per heavy atom.